The van der Waals surface area contributed by atoms with E-state index in [0.29, 0.717) is 28.5 Å². The Morgan fingerprint density at radius 2 is 2.22 bits per heavy atom. The number of hydrogen-bond donors (Lipinski definition) is 1. The molecule has 1 aromatic carbocycles. The van der Waals surface area contributed by atoms with Crippen LogP contribution in [0.4, 0.5) is 4.39 Å². The van der Waals surface area contributed by atoms with E-state index in [2.05, 4.69) is 19.9 Å². The zero-order chi connectivity index (χ0) is 12.5. The molecule has 0 amide bonds. The molecule has 0 atom stereocenters. The molecule has 0 bridgehead atoms. The van der Waals surface area contributed by atoms with E-state index in [1.165, 1.54) is 12.4 Å². The van der Waals surface area contributed by atoms with Gasteiger partial charge in [0.25, 0.3) is 0 Å². The fraction of sp³-hybridized carbons (Fsp3) is 0.0833. The Labute approximate surface area is 107 Å². The maximum atomic E-state index is 13.6. The van der Waals surface area contributed by atoms with Crippen molar-refractivity contribution in [1.82, 2.24) is 19.9 Å². The highest BCUT2D eigenvalue weighted by atomic mass is 35.5. The Hall–Kier alpha value is -2.01. The van der Waals surface area contributed by atoms with E-state index in [1.54, 1.807) is 18.3 Å². The lowest BCUT2D eigenvalue weighted by Crippen LogP contribution is -1.95. The van der Waals surface area contributed by atoms with Gasteiger partial charge >= 0.3 is 0 Å². The molecule has 0 unspecified atom stereocenters. The molecule has 0 saturated carbocycles. The third-order valence-corrected chi connectivity index (χ3v) is 2.97. The summed E-state index contributed by atoms with van der Waals surface area (Å²) in [6.45, 7) is 0. The molecule has 4 nitrogen and oxygen atoms in total. The second kappa shape index (κ2) is 4.34. The summed E-state index contributed by atoms with van der Waals surface area (Å²) in [6, 6.07) is 4.61. The molecule has 0 radical (unpaired) electrons. The monoisotopic (exact) mass is 262 g/mol. The van der Waals surface area contributed by atoms with Crippen LogP contribution in [0.5, 0.6) is 0 Å². The van der Waals surface area contributed by atoms with E-state index < -0.39 is 0 Å². The van der Waals surface area contributed by atoms with Crippen LogP contribution in [0.2, 0.25) is 5.02 Å². The Balaban J connectivity index is 2.01. The molecule has 0 aliphatic carbocycles. The van der Waals surface area contributed by atoms with Crippen LogP contribution in [0.25, 0.3) is 11.2 Å². The quantitative estimate of drug-likeness (QED) is 0.773. The summed E-state index contributed by atoms with van der Waals surface area (Å²) in [4.78, 5) is 15.2. The van der Waals surface area contributed by atoms with Crippen molar-refractivity contribution >= 4 is 22.8 Å². The number of hydrogen-bond acceptors (Lipinski definition) is 3. The second-order valence-electron chi connectivity index (χ2n) is 3.82. The number of halogens is 2. The van der Waals surface area contributed by atoms with Crippen molar-refractivity contribution in [2.45, 2.75) is 6.42 Å². The molecule has 0 aliphatic heterocycles. The largest absolute Gasteiger partial charge is 0.339 e. The average molecular weight is 263 g/mol. The predicted molar refractivity (Wildman–Crippen MR) is 65.9 cm³/mol. The van der Waals surface area contributed by atoms with Gasteiger partial charge in [0.05, 0.1) is 6.20 Å². The summed E-state index contributed by atoms with van der Waals surface area (Å²) >= 11 is 5.97. The van der Waals surface area contributed by atoms with Gasteiger partial charge in [0, 0.05) is 17.0 Å². The highest BCUT2D eigenvalue weighted by molar-refractivity contribution is 6.31. The first-order chi connectivity index (χ1) is 8.74. The van der Waals surface area contributed by atoms with Gasteiger partial charge in [-0.05, 0) is 12.1 Å². The van der Waals surface area contributed by atoms with Crippen LogP contribution >= 0.6 is 11.6 Å². The Morgan fingerprint density at radius 3 is 3.00 bits per heavy atom. The molecule has 2 aromatic heterocycles. The van der Waals surface area contributed by atoms with Crippen molar-refractivity contribution in [3.8, 4) is 0 Å². The van der Waals surface area contributed by atoms with Gasteiger partial charge in [-0.15, -0.1) is 0 Å². The van der Waals surface area contributed by atoms with Crippen molar-refractivity contribution < 1.29 is 4.39 Å². The van der Waals surface area contributed by atoms with Crippen molar-refractivity contribution in [3.05, 3.63) is 53.0 Å². The number of nitrogens with one attached hydrogen (secondary N) is 1. The summed E-state index contributed by atoms with van der Waals surface area (Å²) in [5.74, 6) is 0.270. The minimum atomic E-state index is -0.339. The number of fused-ring (bicyclic) bond motifs is 1. The van der Waals surface area contributed by atoms with Crippen LogP contribution in [0.3, 0.4) is 0 Å². The zero-order valence-corrected chi connectivity index (χ0v) is 9.95. The lowest BCUT2D eigenvalue weighted by Gasteiger charge is -2.02. The van der Waals surface area contributed by atoms with Crippen LogP contribution in [0.15, 0.2) is 30.7 Å². The number of benzene rings is 1. The number of H-pyrrole nitrogens is 1. The predicted octanol–water partition coefficient (Wildman–Crippen LogP) is 2.74. The average Bonchev–Trinajstić information content (AvgIpc) is 2.76. The first-order valence-corrected chi connectivity index (χ1v) is 5.69. The molecule has 0 saturated heterocycles. The zero-order valence-electron chi connectivity index (χ0n) is 9.19. The maximum Gasteiger partial charge on any atom is 0.180 e. The van der Waals surface area contributed by atoms with Crippen LogP contribution in [-0.2, 0) is 6.42 Å². The standard InChI is InChI=1S/C12H8ClFN4/c13-8-2-1-3-9(14)7(8)4-11-17-10-5-15-6-16-12(10)18-11/h1-3,5-6H,4H2,(H,15,16,17,18). The highest BCUT2D eigenvalue weighted by Gasteiger charge is 2.11. The summed E-state index contributed by atoms with van der Waals surface area (Å²) in [6.07, 6.45) is 3.34. The van der Waals surface area contributed by atoms with Gasteiger partial charge < -0.3 is 4.98 Å². The summed E-state index contributed by atoms with van der Waals surface area (Å²) in [5.41, 5.74) is 1.71. The van der Waals surface area contributed by atoms with Gasteiger partial charge in [0.1, 0.15) is 23.5 Å². The van der Waals surface area contributed by atoms with Crippen LogP contribution in [0.1, 0.15) is 11.4 Å². The lowest BCUT2D eigenvalue weighted by atomic mass is 10.1. The van der Waals surface area contributed by atoms with Gasteiger partial charge in [-0.2, -0.15) is 0 Å². The molecule has 0 aliphatic rings. The van der Waals surface area contributed by atoms with Gasteiger partial charge in [0.15, 0.2) is 5.65 Å². The van der Waals surface area contributed by atoms with Crippen molar-refractivity contribution in [2.24, 2.45) is 0 Å². The summed E-state index contributed by atoms with van der Waals surface area (Å²) < 4.78 is 13.6. The maximum absolute atomic E-state index is 13.6. The molecule has 0 spiro atoms. The molecule has 18 heavy (non-hydrogen) atoms. The smallest absolute Gasteiger partial charge is 0.180 e. The second-order valence-corrected chi connectivity index (χ2v) is 4.23. The first kappa shape index (κ1) is 11.1. The molecule has 3 rings (SSSR count). The van der Waals surface area contributed by atoms with Gasteiger partial charge in [0.2, 0.25) is 0 Å². The van der Waals surface area contributed by atoms with Crippen molar-refractivity contribution in [1.29, 1.82) is 0 Å². The van der Waals surface area contributed by atoms with Gasteiger partial charge in [-0.25, -0.2) is 19.3 Å². The fourth-order valence-electron chi connectivity index (χ4n) is 1.76. The van der Waals surface area contributed by atoms with E-state index in [1.807, 2.05) is 0 Å². The molecular weight excluding hydrogens is 255 g/mol. The first-order valence-electron chi connectivity index (χ1n) is 5.31. The third kappa shape index (κ3) is 1.93. The minimum absolute atomic E-state index is 0.294. The fourth-order valence-corrected chi connectivity index (χ4v) is 1.99. The van der Waals surface area contributed by atoms with Crippen LogP contribution in [0, 0.1) is 5.82 Å². The van der Waals surface area contributed by atoms with Crippen molar-refractivity contribution in [2.75, 3.05) is 0 Å². The van der Waals surface area contributed by atoms with Gasteiger partial charge in [-0.1, -0.05) is 17.7 Å². The number of nitrogens with zero attached hydrogens (tertiary/aromatic N) is 3. The van der Waals surface area contributed by atoms with Crippen LogP contribution in [-0.4, -0.2) is 19.9 Å². The van der Waals surface area contributed by atoms with E-state index >= 15 is 0 Å². The SMILES string of the molecule is Fc1cccc(Cl)c1Cc1nc2ncncc2[nH]1. The molecule has 2 heterocycles. The molecule has 0 fully saturated rings. The molecular formula is C12H8ClFN4. The van der Waals surface area contributed by atoms with Crippen molar-refractivity contribution in [3.63, 3.8) is 0 Å². The Bertz CT molecular complexity index is 657. The van der Waals surface area contributed by atoms with E-state index in [4.69, 9.17) is 11.6 Å². The molecule has 6 heteroatoms. The molecule has 1 N–H and O–H groups in total. The summed E-state index contributed by atoms with van der Waals surface area (Å²) in [5, 5.41) is 0.390. The van der Waals surface area contributed by atoms with E-state index in [0.717, 1.165) is 5.52 Å². The highest BCUT2D eigenvalue weighted by Crippen LogP contribution is 2.21. The van der Waals surface area contributed by atoms with Crippen LogP contribution < -0.4 is 0 Å². The topological polar surface area (TPSA) is 54.5 Å². The number of rotatable bonds is 2. The number of aromatic nitrogens is 4. The molecule has 3 aromatic rings. The summed E-state index contributed by atoms with van der Waals surface area (Å²) in [7, 11) is 0. The molecule has 90 valence electrons. The Kier molecular flexibility index (Phi) is 2.68. The number of imidazole rings is 1. The Morgan fingerprint density at radius 1 is 1.33 bits per heavy atom. The number of aromatic amines is 1. The van der Waals surface area contributed by atoms with Gasteiger partial charge in [-0.3, -0.25) is 0 Å². The normalized spacial score (nSPS) is 11.0. The van der Waals surface area contributed by atoms with E-state index in [9.17, 15) is 4.39 Å². The third-order valence-electron chi connectivity index (χ3n) is 2.62. The minimum Gasteiger partial charge on any atom is -0.339 e. The van der Waals surface area contributed by atoms with E-state index in [-0.39, 0.29) is 5.82 Å². The lowest BCUT2D eigenvalue weighted by molar-refractivity contribution is 0.612.